The molecule has 0 saturated heterocycles. The molecule has 0 atom stereocenters. The predicted octanol–water partition coefficient (Wildman–Crippen LogP) is 4.39. The van der Waals surface area contributed by atoms with Crippen LogP contribution in [0.5, 0.6) is 0 Å². The Hall–Kier alpha value is -2.99. The average molecular weight is 380 g/mol. The van der Waals surface area contributed by atoms with E-state index in [1.807, 2.05) is 54.7 Å². The molecule has 27 heavy (non-hydrogen) atoms. The second-order valence-electron chi connectivity index (χ2n) is 6.06. The highest BCUT2D eigenvalue weighted by Crippen LogP contribution is 2.23. The van der Waals surface area contributed by atoms with Crippen LogP contribution in [-0.4, -0.2) is 31.5 Å². The highest BCUT2D eigenvalue weighted by molar-refractivity contribution is 7.07. The first-order valence-electron chi connectivity index (χ1n) is 8.48. The topological polar surface area (TPSA) is 32.9 Å². The number of nitrogens with zero attached hydrogens (tertiary/aromatic N) is 4. The molecule has 0 aliphatic rings. The maximum absolute atomic E-state index is 14.3. The van der Waals surface area contributed by atoms with Crippen molar-refractivity contribution in [3.63, 3.8) is 0 Å². The third-order valence-electron chi connectivity index (χ3n) is 3.92. The summed E-state index contributed by atoms with van der Waals surface area (Å²) in [4.78, 5) is 7.20. The first kappa shape index (κ1) is 18.8. The van der Waals surface area contributed by atoms with Gasteiger partial charge >= 0.3 is 0 Å². The summed E-state index contributed by atoms with van der Waals surface area (Å²) in [6.45, 7) is 4.18. The monoisotopic (exact) mass is 380 g/mol. The van der Waals surface area contributed by atoms with E-state index in [4.69, 9.17) is 0 Å². The molecule has 0 unspecified atom stereocenters. The zero-order valence-electron chi connectivity index (χ0n) is 15.3. The molecule has 0 aliphatic carbocycles. The number of aromatic nitrogens is 1. The van der Waals surface area contributed by atoms with Crippen LogP contribution in [0.1, 0.15) is 5.56 Å². The molecule has 0 saturated carbocycles. The highest BCUT2D eigenvalue weighted by Gasteiger charge is 2.11. The zero-order chi connectivity index (χ0) is 19.2. The Morgan fingerprint density at radius 1 is 1.15 bits per heavy atom. The van der Waals surface area contributed by atoms with E-state index < -0.39 is 0 Å². The molecule has 138 valence electrons. The highest BCUT2D eigenvalue weighted by atomic mass is 32.1. The number of anilines is 1. The Kier molecular flexibility index (Phi) is 5.98. The molecule has 6 heteroatoms. The summed E-state index contributed by atoms with van der Waals surface area (Å²) in [5.41, 5.74) is 3.23. The lowest BCUT2D eigenvalue weighted by molar-refractivity contribution is 0.629. The number of hydrogen-bond donors (Lipinski definition) is 0. The van der Waals surface area contributed by atoms with Crippen LogP contribution in [0, 0.1) is 5.82 Å². The van der Waals surface area contributed by atoms with Crippen LogP contribution in [0.25, 0.3) is 11.3 Å². The van der Waals surface area contributed by atoms with Crippen LogP contribution in [0.15, 0.2) is 76.7 Å². The first-order valence-corrected chi connectivity index (χ1v) is 9.36. The van der Waals surface area contributed by atoms with Crippen molar-refractivity contribution in [3.05, 3.63) is 82.7 Å². The van der Waals surface area contributed by atoms with E-state index in [-0.39, 0.29) is 5.82 Å². The molecule has 0 amide bonds. The predicted molar refractivity (Wildman–Crippen MR) is 112 cm³/mol. The Labute approximate surface area is 162 Å². The van der Waals surface area contributed by atoms with Crippen molar-refractivity contribution >= 4 is 23.2 Å². The van der Waals surface area contributed by atoms with Gasteiger partial charge in [-0.3, -0.25) is 4.99 Å². The summed E-state index contributed by atoms with van der Waals surface area (Å²) in [5, 5.41) is 6.44. The lowest BCUT2D eigenvalue weighted by Crippen LogP contribution is -2.13. The van der Waals surface area contributed by atoms with Crippen LogP contribution in [0.2, 0.25) is 0 Å². The Balaban J connectivity index is 2.03. The van der Waals surface area contributed by atoms with Crippen molar-refractivity contribution in [2.24, 2.45) is 10.1 Å². The standard InChI is InChI=1S/C21H21FN4S/c1-4-13-23-21-26(20(15-27-21)18-7-5-6-8-19(18)22)24-14-16-9-11-17(12-10-16)25(2)3/h4-12,14-15H,1,13H2,2-3H3. The van der Waals surface area contributed by atoms with Crippen molar-refractivity contribution in [2.75, 3.05) is 25.5 Å². The van der Waals surface area contributed by atoms with E-state index >= 15 is 0 Å². The minimum absolute atomic E-state index is 0.287. The summed E-state index contributed by atoms with van der Waals surface area (Å²) >= 11 is 1.42. The van der Waals surface area contributed by atoms with E-state index in [2.05, 4.69) is 16.7 Å². The Morgan fingerprint density at radius 3 is 2.56 bits per heavy atom. The average Bonchev–Trinajstić information content (AvgIpc) is 3.08. The van der Waals surface area contributed by atoms with E-state index in [9.17, 15) is 4.39 Å². The van der Waals surface area contributed by atoms with Crippen LogP contribution >= 0.6 is 11.3 Å². The minimum Gasteiger partial charge on any atom is -0.378 e. The van der Waals surface area contributed by atoms with Gasteiger partial charge in [0.05, 0.1) is 18.5 Å². The fourth-order valence-electron chi connectivity index (χ4n) is 2.50. The molecule has 1 heterocycles. The molecule has 1 aromatic heterocycles. The van der Waals surface area contributed by atoms with Gasteiger partial charge in [-0.15, -0.1) is 17.9 Å². The van der Waals surface area contributed by atoms with Crippen molar-refractivity contribution < 1.29 is 4.39 Å². The molecule has 2 aromatic carbocycles. The number of rotatable bonds is 6. The smallest absolute Gasteiger partial charge is 0.206 e. The molecular formula is C21H21FN4S. The molecule has 4 nitrogen and oxygen atoms in total. The van der Waals surface area contributed by atoms with Crippen LogP contribution in [0.4, 0.5) is 10.1 Å². The van der Waals surface area contributed by atoms with Crippen molar-refractivity contribution in [1.82, 2.24) is 4.68 Å². The molecule has 0 aliphatic heterocycles. The molecule has 0 N–H and O–H groups in total. The van der Waals surface area contributed by atoms with Gasteiger partial charge in [-0.2, -0.15) is 5.10 Å². The SMILES string of the molecule is C=CCN=c1scc(-c2ccccc2F)n1N=Cc1ccc(N(C)C)cc1. The molecule has 0 spiro atoms. The maximum Gasteiger partial charge on any atom is 0.206 e. The molecule has 3 aromatic rings. The first-order chi connectivity index (χ1) is 13.1. The molecular weight excluding hydrogens is 359 g/mol. The van der Waals surface area contributed by atoms with E-state index in [0.717, 1.165) is 11.3 Å². The second-order valence-corrected chi connectivity index (χ2v) is 6.89. The summed E-state index contributed by atoms with van der Waals surface area (Å²) in [6, 6.07) is 14.7. The third-order valence-corrected chi connectivity index (χ3v) is 4.78. The fourth-order valence-corrected chi connectivity index (χ4v) is 3.34. The fraction of sp³-hybridized carbons (Fsp3) is 0.143. The van der Waals surface area contributed by atoms with Crippen molar-refractivity contribution in [1.29, 1.82) is 0 Å². The van der Waals surface area contributed by atoms with Crippen molar-refractivity contribution in [2.45, 2.75) is 0 Å². The summed E-state index contributed by atoms with van der Waals surface area (Å²) in [7, 11) is 4.00. The zero-order valence-corrected chi connectivity index (χ0v) is 16.2. The largest absolute Gasteiger partial charge is 0.378 e. The normalized spacial score (nSPS) is 11.9. The van der Waals surface area contributed by atoms with Crippen LogP contribution < -0.4 is 9.70 Å². The van der Waals surface area contributed by atoms with Gasteiger partial charge in [0.1, 0.15) is 5.82 Å². The van der Waals surface area contributed by atoms with Gasteiger partial charge < -0.3 is 4.90 Å². The molecule has 0 radical (unpaired) electrons. The van der Waals surface area contributed by atoms with Gasteiger partial charge in [0.15, 0.2) is 0 Å². The van der Waals surface area contributed by atoms with Crippen LogP contribution in [0.3, 0.4) is 0 Å². The van der Waals surface area contributed by atoms with Gasteiger partial charge in [0, 0.05) is 30.7 Å². The number of thiazole rings is 1. The van der Waals surface area contributed by atoms with Gasteiger partial charge in [-0.05, 0) is 29.8 Å². The molecule has 0 bridgehead atoms. The number of benzene rings is 2. The second kappa shape index (κ2) is 8.60. The van der Waals surface area contributed by atoms with Crippen molar-refractivity contribution in [3.8, 4) is 11.3 Å². The molecule has 0 fully saturated rings. The lowest BCUT2D eigenvalue weighted by Gasteiger charge is -2.11. The Bertz CT molecular complexity index is 1010. The van der Waals surface area contributed by atoms with Gasteiger partial charge in [-0.1, -0.05) is 30.3 Å². The van der Waals surface area contributed by atoms with Gasteiger partial charge in [-0.25, -0.2) is 9.07 Å². The van der Waals surface area contributed by atoms with Gasteiger partial charge in [0.2, 0.25) is 4.80 Å². The maximum atomic E-state index is 14.3. The van der Waals surface area contributed by atoms with Gasteiger partial charge in [0.25, 0.3) is 0 Å². The summed E-state index contributed by atoms with van der Waals surface area (Å²) in [6.07, 6.45) is 3.47. The van der Waals surface area contributed by atoms with E-state index in [1.165, 1.54) is 17.4 Å². The van der Waals surface area contributed by atoms with E-state index in [1.54, 1.807) is 29.1 Å². The Morgan fingerprint density at radius 2 is 1.89 bits per heavy atom. The minimum atomic E-state index is -0.287. The van der Waals surface area contributed by atoms with Crippen LogP contribution in [-0.2, 0) is 0 Å². The summed E-state index contributed by atoms with van der Waals surface area (Å²) < 4.78 is 16.0. The molecule has 3 rings (SSSR count). The number of halogens is 1. The third kappa shape index (κ3) is 4.41. The summed E-state index contributed by atoms with van der Waals surface area (Å²) in [5.74, 6) is -0.287. The number of hydrogen-bond acceptors (Lipinski definition) is 4. The van der Waals surface area contributed by atoms with E-state index in [0.29, 0.717) is 22.6 Å². The lowest BCUT2D eigenvalue weighted by atomic mass is 10.1. The quantitative estimate of drug-likeness (QED) is 0.461.